The van der Waals surface area contributed by atoms with E-state index in [4.69, 9.17) is 5.73 Å². The Hall–Kier alpha value is -1.17. The molecule has 0 atom stereocenters. The monoisotopic (exact) mass is 282 g/mol. The molecule has 6 heteroatoms. The number of hydrogen-bond acceptors (Lipinski definition) is 4. The number of thioether (sulfide) groups is 1. The van der Waals surface area contributed by atoms with Gasteiger partial charge in [-0.1, -0.05) is 13.8 Å². The fourth-order valence-electron chi connectivity index (χ4n) is 2.14. The Labute approximate surface area is 118 Å². The minimum absolute atomic E-state index is 0.0389. The van der Waals surface area contributed by atoms with Crippen LogP contribution in [0.15, 0.2) is 6.20 Å². The second-order valence-corrected chi connectivity index (χ2v) is 7.24. The van der Waals surface area contributed by atoms with E-state index in [1.54, 1.807) is 10.9 Å². The Kier molecular flexibility index (Phi) is 4.08. The van der Waals surface area contributed by atoms with E-state index in [1.165, 1.54) is 0 Å². The smallest absolute Gasteiger partial charge is 0.276 e. The Bertz CT molecular complexity index is 469. The van der Waals surface area contributed by atoms with Crippen LogP contribution in [0.25, 0.3) is 0 Å². The van der Waals surface area contributed by atoms with Gasteiger partial charge in [0.1, 0.15) is 0 Å². The van der Waals surface area contributed by atoms with Crippen LogP contribution in [-0.2, 0) is 6.54 Å². The number of rotatable bonds is 2. The van der Waals surface area contributed by atoms with Crippen LogP contribution >= 0.6 is 11.8 Å². The van der Waals surface area contributed by atoms with Crippen molar-refractivity contribution in [3.8, 4) is 0 Å². The standard InChI is InChI=1S/C13H22N4OS/c1-4-17-9-10(14)11(15-17)12(18)16-6-5-13(2,3)19-8-7-16/h9H,4-8,14H2,1-3H3. The number of amides is 1. The molecule has 0 aromatic carbocycles. The van der Waals surface area contributed by atoms with Gasteiger partial charge in [-0.2, -0.15) is 16.9 Å². The first kappa shape index (κ1) is 14.2. The molecule has 2 N–H and O–H groups in total. The molecule has 1 aromatic rings. The lowest BCUT2D eigenvalue weighted by Crippen LogP contribution is -2.34. The molecule has 2 heterocycles. The lowest BCUT2D eigenvalue weighted by atomic mass is 10.1. The van der Waals surface area contributed by atoms with Crippen molar-refractivity contribution in [2.24, 2.45) is 0 Å². The molecular weight excluding hydrogens is 260 g/mol. The van der Waals surface area contributed by atoms with Crippen LogP contribution in [0.5, 0.6) is 0 Å². The Morgan fingerprint density at radius 2 is 2.26 bits per heavy atom. The van der Waals surface area contributed by atoms with Gasteiger partial charge in [0.2, 0.25) is 0 Å². The first-order chi connectivity index (χ1) is 8.93. The molecular formula is C13H22N4OS. The zero-order valence-corrected chi connectivity index (χ0v) is 12.7. The maximum absolute atomic E-state index is 12.5. The highest BCUT2D eigenvalue weighted by Crippen LogP contribution is 2.31. The van der Waals surface area contributed by atoms with E-state index in [0.717, 1.165) is 31.8 Å². The molecule has 0 spiro atoms. The summed E-state index contributed by atoms with van der Waals surface area (Å²) in [6.07, 6.45) is 2.72. The SMILES string of the molecule is CCn1cc(N)c(C(=O)N2CCSC(C)(C)CC2)n1. The molecule has 0 bridgehead atoms. The van der Waals surface area contributed by atoms with Gasteiger partial charge in [-0.3, -0.25) is 9.48 Å². The highest BCUT2D eigenvalue weighted by Gasteiger charge is 2.28. The largest absolute Gasteiger partial charge is 0.396 e. The van der Waals surface area contributed by atoms with E-state index in [-0.39, 0.29) is 10.7 Å². The maximum atomic E-state index is 12.5. The van der Waals surface area contributed by atoms with Gasteiger partial charge < -0.3 is 10.6 Å². The van der Waals surface area contributed by atoms with E-state index in [9.17, 15) is 4.79 Å². The number of carbonyl (C=O) groups is 1. The second kappa shape index (κ2) is 5.45. The third-order valence-electron chi connectivity index (χ3n) is 3.44. The van der Waals surface area contributed by atoms with Crippen molar-refractivity contribution in [3.63, 3.8) is 0 Å². The second-order valence-electron chi connectivity index (χ2n) is 5.44. The molecule has 1 saturated heterocycles. The molecule has 5 nitrogen and oxygen atoms in total. The summed E-state index contributed by atoms with van der Waals surface area (Å²) in [6, 6.07) is 0. The van der Waals surface area contributed by atoms with Crippen molar-refractivity contribution in [1.29, 1.82) is 0 Å². The van der Waals surface area contributed by atoms with E-state index in [2.05, 4.69) is 18.9 Å². The van der Waals surface area contributed by atoms with Crippen molar-refractivity contribution < 1.29 is 4.79 Å². The third kappa shape index (κ3) is 3.23. The molecule has 106 valence electrons. The van der Waals surface area contributed by atoms with Crippen molar-refractivity contribution in [3.05, 3.63) is 11.9 Å². The van der Waals surface area contributed by atoms with Crippen LogP contribution in [0.2, 0.25) is 0 Å². The van der Waals surface area contributed by atoms with E-state index >= 15 is 0 Å². The van der Waals surface area contributed by atoms with Gasteiger partial charge in [0.15, 0.2) is 5.69 Å². The highest BCUT2D eigenvalue weighted by molar-refractivity contribution is 8.00. The van der Waals surface area contributed by atoms with Crippen molar-refractivity contribution >= 4 is 23.4 Å². The first-order valence-corrected chi connectivity index (χ1v) is 7.67. The fourth-order valence-corrected chi connectivity index (χ4v) is 3.24. The topological polar surface area (TPSA) is 64.2 Å². The molecule has 1 fully saturated rings. The molecule has 1 aliphatic rings. The van der Waals surface area contributed by atoms with Crippen molar-refractivity contribution in [2.75, 3.05) is 24.6 Å². The molecule has 19 heavy (non-hydrogen) atoms. The lowest BCUT2D eigenvalue weighted by molar-refractivity contribution is 0.0759. The van der Waals surface area contributed by atoms with Gasteiger partial charge in [0.25, 0.3) is 5.91 Å². The maximum Gasteiger partial charge on any atom is 0.276 e. The van der Waals surface area contributed by atoms with Crippen LogP contribution in [0.3, 0.4) is 0 Å². The van der Waals surface area contributed by atoms with E-state index in [1.807, 2.05) is 23.6 Å². The highest BCUT2D eigenvalue weighted by atomic mass is 32.2. The number of aromatic nitrogens is 2. The fraction of sp³-hybridized carbons (Fsp3) is 0.692. The van der Waals surface area contributed by atoms with Gasteiger partial charge in [-0.05, 0) is 13.3 Å². The predicted molar refractivity (Wildman–Crippen MR) is 79.4 cm³/mol. The minimum atomic E-state index is -0.0389. The van der Waals surface area contributed by atoms with Gasteiger partial charge in [0.05, 0.1) is 5.69 Å². The summed E-state index contributed by atoms with van der Waals surface area (Å²) < 4.78 is 1.95. The van der Waals surface area contributed by atoms with Gasteiger partial charge >= 0.3 is 0 Å². The summed E-state index contributed by atoms with van der Waals surface area (Å²) in [5.74, 6) is 0.927. The Balaban J connectivity index is 2.12. The number of nitrogens with zero attached hydrogens (tertiary/aromatic N) is 3. The number of anilines is 1. The van der Waals surface area contributed by atoms with Crippen LogP contribution in [-0.4, -0.2) is 44.2 Å². The summed E-state index contributed by atoms with van der Waals surface area (Å²) in [4.78, 5) is 14.3. The van der Waals surface area contributed by atoms with Crippen LogP contribution < -0.4 is 5.73 Å². The zero-order valence-electron chi connectivity index (χ0n) is 11.8. The number of carbonyl (C=O) groups excluding carboxylic acids is 1. The lowest BCUT2D eigenvalue weighted by Gasteiger charge is -2.22. The number of nitrogens with two attached hydrogens (primary N) is 1. The average molecular weight is 282 g/mol. The van der Waals surface area contributed by atoms with Crippen LogP contribution in [0, 0.1) is 0 Å². The molecule has 0 unspecified atom stereocenters. The third-order valence-corrected chi connectivity index (χ3v) is 4.81. The van der Waals surface area contributed by atoms with Crippen molar-refractivity contribution in [1.82, 2.24) is 14.7 Å². The van der Waals surface area contributed by atoms with Crippen LogP contribution in [0.1, 0.15) is 37.7 Å². The normalized spacial score (nSPS) is 19.2. The number of nitrogen functional groups attached to an aromatic ring is 1. The predicted octanol–water partition coefficient (Wildman–Crippen LogP) is 1.84. The van der Waals surface area contributed by atoms with Gasteiger partial charge in [-0.15, -0.1) is 0 Å². The molecule has 0 radical (unpaired) electrons. The number of hydrogen-bond donors (Lipinski definition) is 1. The summed E-state index contributed by atoms with van der Waals surface area (Å²) >= 11 is 1.92. The molecule has 1 amide bonds. The summed E-state index contributed by atoms with van der Waals surface area (Å²) in [5.41, 5.74) is 6.75. The minimum Gasteiger partial charge on any atom is -0.396 e. The van der Waals surface area contributed by atoms with Crippen molar-refractivity contribution in [2.45, 2.75) is 38.5 Å². The van der Waals surface area contributed by atoms with Gasteiger partial charge in [0, 0.05) is 36.3 Å². The quantitative estimate of drug-likeness (QED) is 0.899. The molecule has 1 aromatic heterocycles. The molecule has 0 saturated carbocycles. The van der Waals surface area contributed by atoms with Crippen LogP contribution in [0.4, 0.5) is 5.69 Å². The Morgan fingerprint density at radius 3 is 2.89 bits per heavy atom. The number of aryl methyl sites for hydroxylation is 1. The Morgan fingerprint density at radius 1 is 1.53 bits per heavy atom. The van der Waals surface area contributed by atoms with Gasteiger partial charge in [-0.25, -0.2) is 0 Å². The first-order valence-electron chi connectivity index (χ1n) is 6.69. The van der Waals surface area contributed by atoms with E-state index in [0.29, 0.717) is 11.4 Å². The van der Waals surface area contributed by atoms with E-state index < -0.39 is 0 Å². The molecule has 1 aliphatic heterocycles. The average Bonchev–Trinajstić information content (AvgIpc) is 2.63. The molecule has 2 rings (SSSR count). The summed E-state index contributed by atoms with van der Waals surface area (Å²) in [6.45, 7) is 8.70. The zero-order chi connectivity index (χ0) is 14.0. The molecule has 0 aliphatic carbocycles. The summed E-state index contributed by atoms with van der Waals surface area (Å²) in [7, 11) is 0. The summed E-state index contributed by atoms with van der Waals surface area (Å²) in [5, 5.41) is 4.26.